The summed E-state index contributed by atoms with van der Waals surface area (Å²) < 4.78 is 27.0. The van der Waals surface area contributed by atoms with Gasteiger partial charge in [-0.2, -0.15) is 9.41 Å². The Morgan fingerprint density at radius 2 is 1.89 bits per heavy atom. The van der Waals surface area contributed by atoms with Crippen molar-refractivity contribution in [2.75, 3.05) is 32.7 Å². The van der Waals surface area contributed by atoms with Crippen molar-refractivity contribution >= 4 is 33.5 Å². The van der Waals surface area contributed by atoms with Crippen LogP contribution in [0.25, 0.3) is 0 Å². The molecule has 150 valence electrons. The third-order valence-electron chi connectivity index (χ3n) is 4.77. The molecule has 0 saturated carbocycles. The van der Waals surface area contributed by atoms with E-state index < -0.39 is 10.0 Å². The third kappa shape index (κ3) is 5.05. The van der Waals surface area contributed by atoms with E-state index in [1.165, 1.54) is 4.31 Å². The molecule has 0 spiro atoms. The molecule has 0 aliphatic carbocycles. The maximum atomic E-state index is 12.7. The Morgan fingerprint density at radius 3 is 2.50 bits per heavy atom. The van der Waals surface area contributed by atoms with E-state index in [9.17, 15) is 13.2 Å². The fourth-order valence-corrected chi connectivity index (χ4v) is 5.25. The van der Waals surface area contributed by atoms with E-state index in [0.29, 0.717) is 31.1 Å². The summed E-state index contributed by atoms with van der Waals surface area (Å²) in [7, 11) is -3.48. The lowest BCUT2D eigenvalue weighted by Gasteiger charge is -2.31. The lowest BCUT2D eigenvalue weighted by Crippen LogP contribution is -3.15. The molecule has 28 heavy (non-hydrogen) atoms. The summed E-state index contributed by atoms with van der Waals surface area (Å²) in [6.45, 7) is 6.17. The van der Waals surface area contributed by atoms with Gasteiger partial charge in [0, 0.05) is 4.88 Å². The second-order valence-corrected chi connectivity index (χ2v) is 9.79. The average molecular weight is 422 g/mol. The molecule has 2 aromatic rings. The molecule has 1 aliphatic rings. The van der Waals surface area contributed by atoms with Crippen LogP contribution in [0.2, 0.25) is 0 Å². The Bertz CT molecular complexity index is 944. The van der Waals surface area contributed by atoms with Crippen molar-refractivity contribution in [2.24, 2.45) is 5.10 Å². The van der Waals surface area contributed by atoms with Gasteiger partial charge in [0.15, 0.2) is 6.54 Å². The van der Waals surface area contributed by atoms with Gasteiger partial charge in [0.2, 0.25) is 10.0 Å². The molecular weight excluding hydrogens is 396 g/mol. The number of nitrogens with zero attached hydrogens (tertiary/aromatic N) is 2. The minimum Gasteiger partial charge on any atom is -0.325 e. The van der Waals surface area contributed by atoms with E-state index in [1.54, 1.807) is 41.8 Å². The van der Waals surface area contributed by atoms with Gasteiger partial charge in [0.1, 0.15) is 0 Å². The van der Waals surface area contributed by atoms with Crippen LogP contribution < -0.4 is 10.3 Å². The standard InChI is InChI=1S/C19H24N4O3S2/c1-15-3-5-17(6-4-15)28(25,26)23-10-8-22(9-11-23)14-19(24)21-20-13-18-16(2)7-12-27-18/h3-7,12-13H,8-11,14H2,1-2H3,(H,21,24)/p+1/b20-13+. The largest absolute Gasteiger partial charge is 0.325 e. The fraction of sp³-hybridized carbons (Fsp3) is 0.368. The first-order valence-electron chi connectivity index (χ1n) is 9.12. The molecule has 1 amide bonds. The molecule has 1 fully saturated rings. The molecule has 0 unspecified atom stereocenters. The smallest absolute Gasteiger partial charge is 0.295 e. The van der Waals surface area contributed by atoms with Gasteiger partial charge in [0.25, 0.3) is 5.91 Å². The van der Waals surface area contributed by atoms with Crippen LogP contribution in [0.1, 0.15) is 16.0 Å². The van der Waals surface area contributed by atoms with Gasteiger partial charge in [0.05, 0.1) is 37.3 Å². The summed E-state index contributed by atoms with van der Waals surface area (Å²) >= 11 is 1.57. The first-order valence-corrected chi connectivity index (χ1v) is 11.4. The number of amides is 1. The quantitative estimate of drug-likeness (QED) is 0.523. The van der Waals surface area contributed by atoms with Crippen LogP contribution >= 0.6 is 11.3 Å². The van der Waals surface area contributed by atoms with Crippen LogP contribution in [0, 0.1) is 13.8 Å². The second kappa shape index (κ2) is 8.95. The predicted octanol–water partition coefficient (Wildman–Crippen LogP) is 0.404. The second-order valence-electron chi connectivity index (χ2n) is 6.90. The number of hydrogen-bond acceptors (Lipinski definition) is 5. The van der Waals surface area contributed by atoms with Gasteiger partial charge in [-0.3, -0.25) is 4.79 Å². The SMILES string of the molecule is Cc1ccc(S(=O)(=O)N2CC[NH+](CC(=O)N/N=C/c3sccc3C)CC2)cc1. The summed E-state index contributed by atoms with van der Waals surface area (Å²) in [6, 6.07) is 8.89. The zero-order valence-corrected chi connectivity index (χ0v) is 17.6. The van der Waals surface area contributed by atoms with Gasteiger partial charge in [-0.1, -0.05) is 17.7 Å². The number of quaternary nitrogens is 1. The van der Waals surface area contributed by atoms with E-state index in [4.69, 9.17) is 0 Å². The highest BCUT2D eigenvalue weighted by molar-refractivity contribution is 7.89. The summed E-state index contributed by atoms with van der Waals surface area (Å²) in [6.07, 6.45) is 1.65. The van der Waals surface area contributed by atoms with Crippen LogP contribution in [0.4, 0.5) is 0 Å². The van der Waals surface area contributed by atoms with Crippen molar-refractivity contribution in [2.45, 2.75) is 18.7 Å². The van der Waals surface area contributed by atoms with Crippen LogP contribution in [-0.2, 0) is 14.8 Å². The molecule has 3 rings (SSSR count). The minimum absolute atomic E-state index is 0.171. The molecule has 0 radical (unpaired) electrons. The van der Waals surface area contributed by atoms with Crippen molar-refractivity contribution in [3.05, 3.63) is 51.7 Å². The topological polar surface area (TPSA) is 83.3 Å². The maximum Gasteiger partial charge on any atom is 0.295 e. The Kier molecular flexibility index (Phi) is 6.61. The number of carbonyl (C=O) groups is 1. The number of sulfonamides is 1. The number of hydrazone groups is 1. The number of hydrogen-bond donors (Lipinski definition) is 2. The molecule has 2 N–H and O–H groups in total. The summed E-state index contributed by atoms with van der Waals surface area (Å²) in [5.41, 5.74) is 4.70. The summed E-state index contributed by atoms with van der Waals surface area (Å²) in [4.78, 5) is 14.5. The van der Waals surface area contributed by atoms with Crippen molar-refractivity contribution in [3.63, 3.8) is 0 Å². The number of nitrogens with one attached hydrogen (secondary N) is 2. The zero-order chi connectivity index (χ0) is 20.1. The van der Waals surface area contributed by atoms with Gasteiger partial charge in [-0.05, 0) is 43.0 Å². The summed E-state index contributed by atoms with van der Waals surface area (Å²) in [5.74, 6) is -0.171. The Hall–Kier alpha value is -2.07. The lowest BCUT2D eigenvalue weighted by molar-refractivity contribution is -0.895. The van der Waals surface area contributed by atoms with Crippen molar-refractivity contribution < 1.29 is 18.1 Å². The Labute approximate surface area is 169 Å². The van der Waals surface area contributed by atoms with E-state index in [2.05, 4.69) is 10.5 Å². The van der Waals surface area contributed by atoms with Gasteiger partial charge < -0.3 is 4.90 Å². The molecule has 2 heterocycles. The molecular formula is C19H25N4O3S2+. The summed E-state index contributed by atoms with van der Waals surface area (Å²) in [5, 5.41) is 5.99. The Morgan fingerprint density at radius 1 is 1.21 bits per heavy atom. The highest BCUT2D eigenvalue weighted by Gasteiger charge is 2.31. The normalized spacial score (nSPS) is 16.5. The van der Waals surface area contributed by atoms with Crippen LogP contribution in [0.15, 0.2) is 45.7 Å². The van der Waals surface area contributed by atoms with E-state index in [0.717, 1.165) is 20.9 Å². The molecule has 0 bridgehead atoms. The number of aryl methyl sites for hydroxylation is 2. The van der Waals surface area contributed by atoms with Crippen molar-refractivity contribution in [1.29, 1.82) is 0 Å². The van der Waals surface area contributed by atoms with E-state index >= 15 is 0 Å². The highest BCUT2D eigenvalue weighted by atomic mass is 32.2. The number of thiophene rings is 1. The fourth-order valence-electron chi connectivity index (χ4n) is 3.03. The van der Waals surface area contributed by atoms with Gasteiger partial charge in [-0.25, -0.2) is 13.8 Å². The van der Waals surface area contributed by atoms with Crippen LogP contribution in [0.3, 0.4) is 0 Å². The van der Waals surface area contributed by atoms with E-state index in [1.807, 2.05) is 25.3 Å². The molecule has 1 aromatic heterocycles. The number of rotatable bonds is 6. The third-order valence-corrected chi connectivity index (χ3v) is 7.64. The van der Waals surface area contributed by atoms with Crippen LogP contribution in [-0.4, -0.2) is 57.6 Å². The van der Waals surface area contributed by atoms with Crippen LogP contribution in [0.5, 0.6) is 0 Å². The number of carbonyl (C=O) groups excluding carboxylic acids is 1. The first kappa shape index (κ1) is 20.7. The van der Waals surface area contributed by atoms with Crippen molar-refractivity contribution in [1.82, 2.24) is 9.73 Å². The highest BCUT2D eigenvalue weighted by Crippen LogP contribution is 2.16. The van der Waals surface area contributed by atoms with Gasteiger partial charge in [-0.15, -0.1) is 11.3 Å². The first-order chi connectivity index (χ1) is 13.4. The number of benzene rings is 1. The molecule has 1 aromatic carbocycles. The molecule has 1 saturated heterocycles. The predicted molar refractivity (Wildman–Crippen MR) is 110 cm³/mol. The molecule has 1 aliphatic heterocycles. The number of piperazine rings is 1. The maximum absolute atomic E-state index is 12.7. The average Bonchev–Trinajstić information content (AvgIpc) is 3.07. The molecule has 0 atom stereocenters. The van der Waals surface area contributed by atoms with E-state index in [-0.39, 0.29) is 12.5 Å². The monoisotopic (exact) mass is 421 g/mol. The zero-order valence-electron chi connectivity index (χ0n) is 16.0. The lowest BCUT2D eigenvalue weighted by atomic mass is 10.2. The molecule has 9 heteroatoms. The molecule has 7 nitrogen and oxygen atoms in total. The van der Waals surface area contributed by atoms with Gasteiger partial charge >= 0.3 is 0 Å². The van der Waals surface area contributed by atoms with Crippen molar-refractivity contribution in [3.8, 4) is 0 Å². The Balaban J connectivity index is 1.48. The minimum atomic E-state index is -3.48.